The lowest BCUT2D eigenvalue weighted by Crippen LogP contribution is -2.49. The molecule has 1 fully saturated rings. The number of rotatable bonds is 5. The zero-order valence-electron chi connectivity index (χ0n) is 16.9. The van der Waals surface area contributed by atoms with Gasteiger partial charge in [0.15, 0.2) is 11.0 Å². The fraction of sp³-hybridized carbons (Fsp3) is 0.333. The summed E-state index contributed by atoms with van der Waals surface area (Å²) in [6, 6.07) is 10.2. The summed E-state index contributed by atoms with van der Waals surface area (Å²) in [4.78, 5) is 25.1. The summed E-state index contributed by atoms with van der Waals surface area (Å²) >= 11 is 1.44. The number of anilines is 1. The van der Waals surface area contributed by atoms with E-state index in [-0.39, 0.29) is 5.91 Å². The minimum Gasteiger partial charge on any atom is -0.424 e. The number of aryl methyl sites for hydroxylation is 2. The second-order valence-electron chi connectivity index (χ2n) is 7.02. The van der Waals surface area contributed by atoms with Crippen molar-refractivity contribution in [1.29, 1.82) is 5.26 Å². The topological polar surface area (TPSA) is 91.2 Å². The lowest BCUT2D eigenvalue weighted by Gasteiger charge is -2.34. The van der Waals surface area contributed by atoms with Gasteiger partial charge in [-0.05, 0) is 18.6 Å². The summed E-state index contributed by atoms with van der Waals surface area (Å²) in [5.41, 5.74) is 2.51. The lowest BCUT2D eigenvalue weighted by atomic mass is 10.2. The van der Waals surface area contributed by atoms with Gasteiger partial charge in [0, 0.05) is 45.5 Å². The number of nitriles is 1. The van der Waals surface area contributed by atoms with Crippen LogP contribution in [0.25, 0.3) is 5.69 Å². The first kappa shape index (κ1) is 20.0. The molecule has 0 spiro atoms. The fourth-order valence-electron chi connectivity index (χ4n) is 3.49. The predicted molar refractivity (Wildman–Crippen MR) is 114 cm³/mol. The third-order valence-electron chi connectivity index (χ3n) is 5.05. The van der Waals surface area contributed by atoms with E-state index >= 15 is 0 Å². The van der Waals surface area contributed by atoms with E-state index in [9.17, 15) is 10.1 Å². The van der Waals surface area contributed by atoms with Gasteiger partial charge in [0.25, 0.3) is 0 Å². The maximum absolute atomic E-state index is 12.7. The number of oxazole rings is 1. The molecule has 1 saturated heterocycles. The van der Waals surface area contributed by atoms with Crippen LogP contribution in [0.4, 0.5) is 5.88 Å². The maximum Gasteiger partial charge on any atom is 0.234 e. The molecule has 3 aromatic rings. The minimum atomic E-state index is 0.0771. The van der Waals surface area contributed by atoms with Crippen LogP contribution in [-0.4, -0.2) is 57.3 Å². The van der Waals surface area contributed by atoms with Gasteiger partial charge in [0.1, 0.15) is 6.07 Å². The molecule has 0 radical (unpaired) electrons. The second-order valence-corrected chi connectivity index (χ2v) is 7.96. The molecule has 1 aliphatic heterocycles. The van der Waals surface area contributed by atoms with E-state index in [0.29, 0.717) is 49.4 Å². The van der Waals surface area contributed by atoms with Crippen LogP contribution in [0.5, 0.6) is 0 Å². The molecule has 1 amide bonds. The Balaban J connectivity index is 1.35. The number of hydrogen-bond donors (Lipinski definition) is 0. The number of imidazole rings is 1. The van der Waals surface area contributed by atoms with E-state index in [0.717, 1.165) is 16.4 Å². The number of nitrogens with zero attached hydrogens (tertiary/aromatic N) is 6. The molecule has 0 aliphatic carbocycles. The first-order chi connectivity index (χ1) is 14.6. The van der Waals surface area contributed by atoms with Crippen molar-refractivity contribution in [1.82, 2.24) is 19.4 Å². The Morgan fingerprint density at radius 2 is 2.00 bits per heavy atom. The smallest absolute Gasteiger partial charge is 0.234 e. The molecule has 0 atom stereocenters. The van der Waals surface area contributed by atoms with Crippen LogP contribution in [0.3, 0.4) is 0 Å². The molecule has 3 heterocycles. The molecule has 154 valence electrons. The molecule has 0 saturated carbocycles. The number of carbonyl (C=O) groups is 1. The molecule has 9 heteroatoms. The Labute approximate surface area is 179 Å². The monoisotopic (exact) mass is 422 g/mol. The first-order valence-electron chi connectivity index (χ1n) is 9.69. The quantitative estimate of drug-likeness (QED) is 0.584. The number of aromatic nitrogens is 3. The van der Waals surface area contributed by atoms with Crippen molar-refractivity contribution in [3.63, 3.8) is 0 Å². The molecule has 0 bridgehead atoms. The Bertz CT molecular complexity index is 1090. The molecule has 30 heavy (non-hydrogen) atoms. The third-order valence-corrected chi connectivity index (χ3v) is 6.00. The van der Waals surface area contributed by atoms with Crippen molar-refractivity contribution >= 4 is 23.6 Å². The number of benzene rings is 1. The van der Waals surface area contributed by atoms with Crippen LogP contribution in [0.1, 0.15) is 17.1 Å². The minimum absolute atomic E-state index is 0.0771. The number of para-hydroxylation sites is 1. The summed E-state index contributed by atoms with van der Waals surface area (Å²) in [6.45, 7) is 6.16. The van der Waals surface area contributed by atoms with Crippen molar-refractivity contribution in [2.24, 2.45) is 0 Å². The van der Waals surface area contributed by atoms with Gasteiger partial charge in [-0.2, -0.15) is 5.26 Å². The standard InChI is InChI=1S/C21H22N6O2S/c1-15-5-3-4-6-18(15)27-8-7-23-21(27)30-14-19(28)25-9-11-26(12-10-25)20-17(13-22)24-16(2)29-20/h3-8H,9-12,14H2,1-2H3. The Kier molecular flexibility index (Phi) is 5.77. The predicted octanol–water partition coefficient (Wildman–Crippen LogP) is 2.79. The number of piperazine rings is 1. The fourth-order valence-corrected chi connectivity index (χ4v) is 4.36. The molecule has 1 aliphatic rings. The van der Waals surface area contributed by atoms with Crippen molar-refractivity contribution in [2.45, 2.75) is 19.0 Å². The zero-order valence-corrected chi connectivity index (χ0v) is 17.7. The van der Waals surface area contributed by atoms with Crippen LogP contribution < -0.4 is 4.90 Å². The number of carbonyl (C=O) groups excluding carboxylic acids is 1. The third kappa shape index (κ3) is 4.04. The van der Waals surface area contributed by atoms with Gasteiger partial charge in [-0.3, -0.25) is 9.36 Å². The highest BCUT2D eigenvalue weighted by molar-refractivity contribution is 7.99. The van der Waals surface area contributed by atoms with Gasteiger partial charge < -0.3 is 14.2 Å². The summed E-state index contributed by atoms with van der Waals surface area (Å²) in [7, 11) is 0. The van der Waals surface area contributed by atoms with Crippen LogP contribution in [0.2, 0.25) is 0 Å². The zero-order chi connectivity index (χ0) is 21.1. The van der Waals surface area contributed by atoms with Gasteiger partial charge in [-0.25, -0.2) is 9.97 Å². The van der Waals surface area contributed by atoms with Crippen molar-refractivity contribution in [2.75, 3.05) is 36.8 Å². The van der Waals surface area contributed by atoms with E-state index < -0.39 is 0 Å². The van der Waals surface area contributed by atoms with Crippen LogP contribution in [0, 0.1) is 25.2 Å². The average Bonchev–Trinajstić information content (AvgIpc) is 3.38. The van der Waals surface area contributed by atoms with Gasteiger partial charge >= 0.3 is 0 Å². The molecule has 1 aromatic carbocycles. The van der Waals surface area contributed by atoms with Gasteiger partial charge in [-0.1, -0.05) is 30.0 Å². The highest BCUT2D eigenvalue weighted by Crippen LogP contribution is 2.25. The lowest BCUT2D eigenvalue weighted by molar-refractivity contribution is -0.128. The Morgan fingerprint density at radius 1 is 1.23 bits per heavy atom. The van der Waals surface area contributed by atoms with E-state index in [4.69, 9.17) is 4.42 Å². The van der Waals surface area contributed by atoms with E-state index in [1.54, 1.807) is 13.1 Å². The molecular weight excluding hydrogens is 400 g/mol. The average molecular weight is 423 g/mol. The SMILES string of the molecule is Cc1nc(C#N)c(N2CCN(C(=O)CSc3nccn3-c3ccccc3C)CC2)o1. The number of thioether (sulfide) groups is 1. The molecule has 2 aromatic heterocycles. The Hall–Kier alpha value is -3.25. The van der Waals surface area contributed by atoms with E-state index in [1.165, 1.54) is 11.8 Å². The molecular formula is C21H22N6O2S. The van der Waals surface area contributed by atoms with Gasteiger partial charge in [-0.15, -0.1) is 0 Å². The normalized spacial score (nSPS) is 14.0. The number of amides is 1. The van der Waals surface area contributed by atoms with E-state index in [1.807, 2.05) is 38.8 Å². The maximum atomic E-state index is 12.7. The van der Waals surface area contributed by atoms with Crippen molar-refractivity contribution < 1.29 is 9.21 Å². The van der Waals surface area contributed by atoms with Crippen LogP contribution >= 0.6 is 11.8 Å². The highest BCUT2D eigenvalue weighted by Gasteiger charge is 2.26. The van der Waals surface area contributed by atoms with Crippen molar-refractivity contribution in [3.05, 3.63) is 53.8 Å². The van der Waals surface area contributed by atoms with Crippen LogP contribution in [-0.2, 0) is 4.79 Å². The molecule has 4 rings (SSSR count). The molecule has 8 nitrogen and oxygen atoms in total. The summed E-state index contributed by atoms with van der Waals surface area (Å²) in [5, 5.41) is 10.0. The molecule has 0 unspecified atom stereocenters. The summed E-state index contributed by atoms with van der Waals surface area (Å²) < 4.78 is 7.59. The van der Waals surface area contributed by atoms with Gasteiger partial charge in [0.2, 0.25) is 17.5 Å². The number of hydrogen-bond acceptors (Lipinski definition) is 7. The largest absolute Gasteiger partial charge is 0.424 e. The van der Waals surface area contributed by atoms with E-state index in [2.05, 4.69) is 29.0 Å². The highest BCUT2D eigenvalue weighted by atomic mass is 32.2. The summed E-state index contributed by atoms with van der Waals surface area (Å²) in [5.74, 6) is 1.37. The van der Waals surface area contributed by atoms with Crippen molar-refractivity contribution in [3.8, 4) is 11.8 Å². The Morgan fingerprint density at radius 3 is 2.73 bits per heavy atom. The second kappa shape index (κ2) is 8.63. The van der Waals surface area contributed by atoms with Gasteiger partial charge in [0.05, 0.1) is 11.4 Å². The molecule has 0 N–H and O–H groups in total. The first-order valence-corrected chi connectivity index (χ1v) is 10.7. The summed E-state index contributed by atoms with van der Waals surface area (Å²) in [6.07, 6.45) is 3.67. The van der Waals surface area contributed by atoms with Crippen LogP contribution in [0.15, 0.2) is 46.2 Å².